The average molecular weight is 351 g/mol. The molecule has 140 valence electrons. The normalized spacial score (nSPS) is 18.3. The Morgan fingerprint density at radius 1 is 1.16 bits per heavy atom. The number of hydrogen-bond donors (Lipinski definition) is 2. The molecule has 7 heteroatoms. The lowest BCUT2D eigenvalue weighted by Gasteiger charge is -2.30. The van der Waals surface area contributed by atoms with E-state index in [1.807, 2.05) is 0 Å². The van der Waals surface area contributed by atoms with Crippen LogP contribution in [-0.2, 0) is 14.3 Å². The van der Waals surface area contributed by atoms with Crippen LogP contribution in [0.2, 0.25) is 0 Å². The maximum atomic E-state index is 11.9. The van der Waals surface area contributed by atoms with Crippen LogP contribution in [0.3, 0.4) is 0 Å². The SMILES string of the molecule is COC(=O)N1CCC(CNC(=O)C(=O)NCCC2=CCCCC2)CC1. The molecule has 1 heterocycles. The van der Waals surface area contributed by atoms with Gasteiger partial charge in [0, 0.05) is 26.2 Å². The predicted octanol–water partition coefficient (Wildman–Crippen LogP) is 1.59. The zero-order chi connectivity index (χ0) is 18.1. The van der Waals surface area contributed by atoms with Crippen molar-refractivity contribution in [2.75, 3.05) is 33.3 Å². The molecule has 7 nitrogen and oxygen atoms in total. The standard InChI is InChI=1S/C18H29N3O4/c1-25-18(24)21-11-8-15(9-12-21)13-20-17(23)16(22)19-10-7-14-5-3-2-4-6-14/h5,15H,2-4,6-13H2,1H3,(H,19,22)(H,20,23). The van der Waals surface area contributed by atoms with Crippen LogP contribution in [0.5, 0.6) is 0 Å². The number of hydrogen-bond acceptors (Lipinski definition) is 4. The van der Waals surface area contributed by atoms with E-state index in [1.165, 1.54) is 25.5 Å². The summed E-state index contributed by atoms with van der Waals surface area (Å²) in [6, 6.07) is 0. The Labute approximate surface area is 149 Å². The first-order valence-electron chi connectivity index (χ1n) is 9.17. The second kappa shape index (κ2) is 10.1. The van der Waals surface area contributed by atoms with E-state index in [0.717, 1.165) is 32.1 Å². The maximum Gasteiger partial charge on any atom is 0.409 e. The van der Waals surface area contributed by atoms with Gasteiger partial charge in [-0.3, -0.25) is 9.59 Å². The molecule has 2 rings (SSSR count). The fourth-order valence-electron chi connectivity index (χ4n) is 3.31. The van der Waals surface area contributed by atoms with E-state index >= 15 is 0 Å². The van der Waals surface area contributed by atoms with Gasteiger partial charge in [0.15, 0.2) is 0 Å². The van der Waals surface area contributed by atoms with Crippen molar-refractivity contribution >= 4 is 17.9 Å². The Bertz CT molecular complexity index is 510. The quantitative estimate of drug-likeness (QED) is 0.582. The zero-order valence-electron chi connectivity index (χ0n) is 15.0. The molecule has 3 amide bonds. The van der Waals surface area contributed by atoms with Crippen molar-refractivity contribution in [1.29, 1.82) is 0 Å². The van der Waals surface area contributed by atoms with Crippen molar-refractivity contribution in [3.8, 4) is 0 Å². The van der Waals surface area contributed by atoms with Crippen LogP contribution in [-0.4, -0.2) is 56.1 Å². The summed E-state index contributed by atoms with van der Waals surface area (Å²) in [7, 11) is 1.37. The Hall–Kier alpha value is -2.05. The van der Waals surface area contributed by atoms with Crippen molar-refractivity contribution in [2.45, 2.75) is 44.9 Å². The number of ether oxygens (including phenoxy) is 1. The summed E-state index contributed by atoms with van der Waals surface area (Å²) < 4.78 is 4.70. The van der Waals surface area contributed by atoms with Gasteiger partial charge in [-0.05, 0) is 50.9 Å². The molecule has 2 N–H and O–H groups in total. The van der Waals surface area contributed by atoms with E-state index in [0.29, 0.717) is 26.2 Å². The average Bonchev–Trinajstić information content (AvgIpc) is 2.66. The Morgan fingerprint density at radius 3 is 2.52 bits per heavy atom. The number of carbonyl (C=O) groups is 3. The Morgan fingerprint density at radius 2 is 1.88 bits per heavy atom. The first-order valence-corrected chi connectivity index (χ1v) is 9.17. The second-order valence-corrected chi connectivity index (χ2v) is 6.72. The third kappa shape index (κ3) is 6.40. The second-order valence-electron chi connectivity index (χ2n) is 6.72. The number of carbonyl (C=O) groups excluding carboxylic acids is 3. The summed E-state index contributed by atoms with van der Waals surface area (Å²) in [5, 5.41) is 5.38. The maximum absolute atomic E-state index is 11.9. The largest absolute Gasteiger partial charge is 0.453 e. The van der Waals surface area contributed by atoms with Gasteiger partial charge in [-0.25, -0.2) is 4.79 Å². The monoisotopic (exact) mass is 351 g/mol. The highest BCUT2D eigenvalue weighted by molar-refractivity contribution is 6.35. The molecular weight excluding hydrogens is 322 g/mol. The van der Waals surface area contributed by atoms with E-state index in [4.69, 9.17) is 4.74 Å². The van der Waals surface area contributed by atoms with E-state index in [9.17, 15) is 14.4 Å². The summed E-state index contributed by atoms with van der Waals surface area (Å²) in [4.78, 5) is 36.8. The Kier molecular flexibility index (Phi) is 7.76. The van der Waals surface area contributed by atoms with Crippen LogP contribution in [0.1, 0.15) is 44.9 Å². The number of nitrogens with zero attached hydrogens (tertiary/aromatic N) is 1. The molecule has 2 aliphatic rings. The van der Waals surface area contributed by atoms with Gasteiger partial charge in [0.2, 0.25) is 0 Å². The predicted molar refractivity (Wildman–Crippen MR) is 93.9 cm³/mol. The lowest BCUT2D eigenvalue weighted by molar-refractivity contribution is -0.139. The minimum Gasteiger partial charge on any atom is -0.453 e. The minimum absolute atomic E-state index is 0.282. The fraction of sp³-hybridized carbons (Fsp3) is 0.722. The zero-order valence-corrected chi connectivity index (χ0v) is 15.0. The molecule has 0 aromatic rings. The van der Waals surface area contributed by atoms with Gasteiger partial charge in [0.25, 0.3) is 0 Å². The molecule has 0 aromatic carbocycles. The highest BCUT2D eigenvalue weighted by atomic mass is 16.5. The highest BCUT2D eigenvalue weighted by Crippen LogP contribution is 2.19. The number of piperidine rings is 1. The smallest absolute Gasteiger partial charge is 0.409 e. The summed E-state index contributed by atoms with van der Waals surface area (Å²) in [6.45, 7) is 2.21. The third-order valence-electron chi connectivity index (χ3n) is 4.92. The molecule has 0 bridgehead atoms. The molecular formula is C18H29N3O4. The summed E-state index contributed by atoms with van der Waals surface area (Å²) >= 11 is 0. The lowest BCUT2D eigenvalue weighted by Crippen LogP contribution is -2.45. The van der Waals surface area contributed by atoms with Gasteiger partial charge in [0.1, 0.15) is 0 Å². The molecule has 1 aliphatic heterocycles. The number of allylic oxidation sites excluding steroid dienone is 1. The molecule has 0 saturated carbocycles. The van der Waals surface area contributed by atoms with Crippen molar-refractivity contribution in [2.24, 2.45) is 5.92 Å². The minimum atomic E-state index is -0.576. The summed E-state index contributed by atoms with van der Waals surface area (Å²) in [5.74, 6) is -0.860. The molecule has 1 fully saturated rings. The molecule has 25 heavy (non-hydrogen) atoms. The number of rotatable bonds is 5. The van der Waals surface area contributed by atoms with E-state index in [2.05, 4.69) is 16.7 Å². The van der Waals surface area contributed by atoms with Crippen LogP contribution < -0.4 is 10.6 Å². The molecule has 1 aliphatic carbocycles. The molecule has 0 aromatic heterocycles. The summed E-state index contributed by atoms with van der Waals surface area (Å²) in [6.07, 6.45) is 9.05. The van der Waals surface area contributed by atoms with E-state index in [-0.39, 0.29) is 12.0 Å². The number of likely N-dealkylation sites (tertiary alicyclic amines) is 1. The topological polar surface area (TPSA) is 87.7 Å². The molecule has 0 atom stereocenters. The fourth-order valence-corrected chi connectivity index (χ4v) is 3.31. The van der Waals surface area contributed by atoms with E-state index in [1.54, 1.807) is 4.90 Å². The lowest BCUT2D eigenvalue weighted by atomic mass is 9.97. The number of methoxy groups -OCH3 is 1. The van der Waals surface area contributed by atoms with Gasteiger partial charge < -0.3 is 20.3 Å². The van der Waals surface area contributed by atoms with Crippen molar-refractivity contribution < 1.29 is 19.1 Å². The van der Waals surface area contributed by atoms with Crippen LogP contribution in [0.15, 0.2) is 11.6 Å². The van der Waals surface area contributed by atoms with Gasteiger partial charge in [-0.15, -0.1) is 0 Å². The molecule has 0 spiro atoms. The number of nitrogens with one attached hydrogen (secondary N) is 2. The Balaban J connectivity index is 1.59. The third-order valence-corrected chi connectivity index (χ3v) is 4.92. The molecule has 0 radical (unpaired) electrons. The van der Waals surface area contributed by atoms with Crippen molar-refractivity contribution in [1.82, 2.24) is 15.5 Å². The van der Waals surface area contributed by atoms with E-state index < -0.39 is 11.8 Å². The van der Waals surface area contributed by atoms with Gasteiger partial charge in [0.05, 0.1) is 7.11 Å². The first kappa shape index (κ1) is 19.3. The molecule has 1 saturated heterocycles. The van der Waals surface area contributed by atoms with Crippen molar-refractivity contribution in [3.05, 3.63) is 11.6 Å². The van der Waals surface area contributed by atoms with Crippen LogP contribution in [0.4, 0.5) is 4.79 Å². The van der Waals surface area contributed by atoms with Crippen molar-refractivity contribution in [3.63, 3.8) is 0 Å². The van der Waals surface area contributed by atoms with Crippen LogP contribution >= 0.6 is 0 Å². The van der Waals surface area contributed by atoms with Gasteiger partial charge >= 0.3 is 17.9 Å². The summed E-state index contributed by atoms with van der Waals surface area (Å²) in [5.41, 5.74) is 1.38. The number of amides is 3. The van der Waals surface area contributed by atoms with Gasteiger partial charge in [-0.1, -0.05) is 11.6 Å². The molecule has 0 unspecified atom stereocenters. The van der Waals surface area contributed by atoms with Crippen LogP contribution in [0, 0.1) is 5.92 Å². The highest BCUT2D eigenvalue weighted by Gasteiger charge is 2.24. The van der Waals surface area contributed by atoms with Crippen LogP contribution in [0.25, 0.3) is 0 Å². The van der Waals surface area contributed by atoms with Gasteiger partial charge in [-0.2, -0.15) is 0 Å². The first-order chi connectivity index (χ1) is 12.1.